The molecule has 152 valence electrons. The first kappa shape index (κ1) is 19.4. The number of ether oxygens (including phenoxy) is 2. The number of ketones is 1. The monoisotopic (exact) mass is 404 g/mol. The van der Waals surface area contributed by atoms with E-state index in [9.17, 15) is 14.7 Å². The maximum atomic E-state index is 12.9. The zero-order chi connectivity index (χ0) is 21.3. The summed E-state index contributed by atoms with van der Waals surface area (Å²) in [6.45, 7) is 0. The highest BCUT2D eigenvalue weighted by Gasteiger charge is 2.35. The number of phenols is 1. The lowest BCUT2D eigenvalue weighted by molar-refractivity contribution is -0.140. The van der Waals surface area contributed by atoms with Crippen molar-refractivity contribution in [1.82, 2.24) is 9.55 Å². The second kappa shape index (κ2) is 7.87. The van der Waals surface area contributed by atoms with Crippen molar-refractivity contribution in [3.8, 4) is 11.5 Å². The summed E-state index contributed by atoms with van der Waals surface area (Å²) >= 11 is 0. The van der Waals surface area contributed by atoms with Crippen molar-refractivity contribution >= 4 is 17.8 Å². The second-order valence-electron chi connectivity index (χ2n) is 6.98. The van der Waals surface area contributed by atoms with Crippen LogP contribution < -0.4 is 4.74 Å². The zero-order valence-corrected chi connectivity index (χ0v) is 16.5. The minimum absolute atomic E-state index is 0.0411. The molecule has 1 atom stereocenters. The number of nitrogens with zero attached hydrogens (tertiary/aromatic N) is 2. The predicted octanol–water partition coefficient (Wildman–Crippen LogP) is 3.44. The molecule has 7 nitrogen and oxygen atoms in total. The van der Waals surface area contributed by atoms with Gasteiger partial charge in [-0.05, 0) is 35.9 Å². The number of Topliss-reactive ketones (excluding diaryl/α,β-unsaturated/α-hetero) is 1. The van der Waals surface area contributed by atoms with Gasteiger partial charge in [-0.1, -0.05) is 6.07 Å². The van der Waals surface area contributed by atoms with Crippen molar-refractivity contribution in [3.05, 3.63) is 83.1 Å². The Balaban J connectivity index is 1.83. The van der Waals surface area contributed by atoms with E-state index >= 15 is 0 Å². The van der Waals surface area contributed by atoms with Gasteiger partial charge in [-0.25, -0.2) is 0 Å². The Labute approximate surface area is 173 Å². The SMILES string of the molecule is COC(=O)C[C@@H](c1cccnc1)c1c(O)ccc2c1O/C(=C\c1cccn1C)C2=O. The fourth-order valence-corrected chi connectivity index (χ4v) is 3.58. The van der Waals surface area contributed by atoms with Crippen molar-refractivity contribution in [2.75, 3.05) is 7.11 Å². The summed E-state index contributed by atoms with van der Waals surface area (Å²) in [5, 5.41) is 10.7. The number of fused-ring (bicyclic) bond motifs is 1. The van der Waals surface area contributed by atoms with E-state index < -0.39 is 11.9 Å². The molecular formula is C23H20N2O5. The summed E-state index contributed by atoms with van der Waals surface area (Å²) in [5.74, 6) is -0.997. The van der Waals surface area contributed by atoms with Crippen LogP contribution in [0.5, 0.6) is 11.5 Å². The van der Waals surface area contributed by atoms with Crippen LogP contribution in [0.15, 0.2) is 60.7 Å². The fourth-order valence-electron chi connectivity index (χ4n) is 3.58. The van der Waals surface area contributed by atoms with Crippen LogP contribution in [0.25, 0.3) is 6.08 Å². The van der Waals surface area contributed by atoms with E-state index in [0.717, 1.165) is 5.69 Å². The number of rotatable bonds is 5. The molecule has 7 heteroatoms. The summed E-state index contributed by atoms with van der Waals surface area (Å²) < 4.78 is 12.7. The summed E-state index contributed by atoms with van der Waals surface area (Å²) in [7, 11) is 3.17. The Morgan fingerprint density at radius 1 is 1.30 bits per heavy atom. The van der Waals surface area contributed by atoms with Gasteiger partial charge in [0.05, 0.1) is 19.1 Å². The second-order valence-corrected chi connectivity index (χ2v) is 6.98. The van der Waals surface area contributed by atoms with Gasteiger partial charge in [-0.15, -0.1) is 0 Å². The largest absolute Gasteiger partial charge is 0.508 e. The highest BCUT2D eigenvalue weighted by molar-refractivity contribution is 6.15. The fraction of sp³-hybridized carbons (Fsp3) is 0.174. The number of aromatic hydroxyl groups is 1. The van der Waals surface area contributed by atoms with E-state index in [1.807, 2.05) is 29.9 Å². The molecule has 0 radical (unpaired) electrons. The summed E-state index contributed by atoms with van der Waals surface area (Å²) in [4.78, 5) is 29.2. The molecule has 0 saturated carbocycles. The number of methoxy groups -OCH3 is 1. The molecule has 3 aromatic rings. The number of phenolic OH excluding ortho intramolecular Hbond substituents is 1. The van der Waals surface area contributed by atoms with E-state index in [2.05, 4.69) is 4.98 Å². The lowest BCUT2D eigenvalue weighted by Gasteiger charge is -2.20. The lowest BCUT2D eigenvalue weighted by atomic mass is 9.87. The number of carbonyl (C=O) groups excluding carboxylic acids is 2. The summed E-state index contributed by atoms with van der Waals surface area (Å²) in [6.07, 6.45) is 6.72. The molecule has 0 saturated heterocycles. The number of hydrogen-bond acceptors (Lipinski definition) is 6. The van der Waals surface area contributed by atoms with Crippen LogP contribution in [-0.2, 0) is 16.6 Å². The third kappa shape index (κ3) is 3.45. The van der Waals surface area contributed by atoms with Crippen LogP contribution in [0.3, 0.4) is 0 Å². The molecule has 1 aliphatic rings. The Morgan fingerprint density at radius 3 is 2.80 bits per heavy atom. The van der Waals surface area contributed by atoms with Gasteiger partial charge in [-0.3, -0.25) is 14.6 Å². The Kier molecular flexibility index (Phi) is 5.10. The maximum absolute atomic E-state index is 12.9. The van der Waals surface area contributed by atoms with Crippen molar-refractivity contribution in [1.29, 1.82) is 0 Å². The molecule has 0 aliphatic carbocycles. The van der Waals surface area contributed by atoms with Crippen molar-refractivity contribution in [2.24, 2.45) is 7.05 Å². The van der Waals surface area contributed by atoms with E-state index in [4.69, 9.17) is 9.47 Å². The van der Waals surface area contributed by atoms with Crippen LogP contribution in [0, 0.1) is 0 Å². The molecule has 0 spiro atoms. The van der Waals surface area contributed by atoms with E-state index in [1.165, 1.54) is 19.2 Å². The van der Waals surface area contributed by atoms with Crippen LogP contribution >= 0.6 is 0 Å². The molecule has 4 rings (SSSR count). The van der Waals surface area contributed by atoms with Crippen molar-refractivity contribution in [3.63, 3.8) is 0 Å². The normalized spacial score (nSPS) is 15.0. The number of benzene rings is 1. The van der Waals surface area contributed by atoms with Gasteiger partial charge >= 0.3 is 5.97 Å². The Hall–Kier alpha value is -3.87. The van der Waals surface area contributed by atoms with Gasteiger partial charge < -0.3 is 19.1 Å². The topological polar surface area (TPSA) is 90.7 Å². The number of hydrogen-bond donors (Lipinski definition) is 1. The molecule has 2 aromatic heterocycles. The minimum Gasteiger partial charge on any atom is -0.508 e. The number of carbonyl (C=O) groups is 2. The molecular weight excluding hydrogens is 384 g/mol. The average Bonchev–Trinajstić information content (AvgIpc) is 3.30. The van der Waals surface area contributed by atoms with Gasteiger partial charge in [0, 0.05) is 48.9 Å². The van der Waals surface area contributed by atoms with Crippen LogP contribution in [0.2, 0.25) is 0 Å². The van der Waals surface area contributed by atoms with Crippen molar-refractivity contribution in [2.45, 2.75) is 12.3 Å². The van der Waals surface area contributed by atoms with E-state index in [0.29, 0.717) is 16.7 Å². The van der Waals surface area contributed by atoms with Gasteiger partial charge in [0.1, 0.15) is 11.5 Å². The average molecular weight is 404 g/mol. The molecule has 30 heavy (non-hydrogen) atoms. The van der Waals surface area contributed by atoms with Gasteiger partial charge in [0.25, 0.3) is 0 Å². The number of esters is 1. The molecule has 0 fully saturated rings. The predicted molar refractivity (Wildman–Crippen MR) is 109 cm³/mol. The molecule has 0 amide bonds. The maximum Gasteiger partial charge on any atom is 0.306 e. The van der Waals surface area contributed by atoms with Crippen LogP contribution in [0.1, 0.15) is 39.5 Å². The number of allylic oxidation sites excluding steroid dienone is 1. The molecule has 1 N–H and O–H groups in total. The van der Waals surface area contributed by atoms with Gasteiger partial charge in [-0.2, -0.15) is 0 Å². The standard InChI is InChI=1S/C23H20N2O5/c1-25-10-4-6-15(25)11-19-22(28)16-7-8-18(26)21(23(16)30-19)17(12-20(27)29-2)14-5-3-9-24-13-14/h3-11,13,17,26H,12H2,1-2H3/b19-11-/t17-/m0/s1. The number of pyridine rings is 1. The molecule has 1 aliphatic heterocycles. The molecule has 3 heterocycles. The smallest absolute Gasteiger partial charge is 0.306 e. The highest BCUT2D eigenvalue weighted by Crippen LogP contribution is 2.46. The van der Waals surface area contributed by atoms with Crippen LogP contribution in [-0.4, -0.2) is 33.5 Å². The van der Waals surface area contributed by atoms with E-state index in [1.54, 1.807) is 30.6 Å². The first-order valence-electron chi connectivity index (χ1n) is 9.37. The summed E-state index contributed by atoms with van der Waals surface area (Å²) in [5.41, 5.74) is 2.19. The van der Waals surface area contributed by atoms with Gasteiger partial charge in [0.2, 0.25) is 5.78 Å². The van der Waals surface area contributed by atoms with Gasteiger partial charge in [0.15, 0.2) is 5.76 Å². The molecule has 0 unspecified atom stereocenters. The number of aryl methyl sites for hydroxylation is 1. The molecule has 1 aromatic carbocycles. The first-order chi connectivity index (χ1) is 14.5. The number of aromatic nitrogens is 2. The zero-order valence-electron chi connectivity index (χ0n) is 16.5. The van der Waals surface area contributed by atoms with Crippen LogP contribution in [0.4, 0.5) is 0 Å². The summed E-state index contributed by atoms with van der Waals surface area (Å²) in [6, 6.07) is 10.2. The lowest BCUT2D eigenvalue weighted by Crippen LogP contribution is -2.11. The van der Waals surface area contributed by atoms with E-state index in [-0.39, 0.29) is 29.5 Å². The quantitative estimate of drug-likeness (QED) is 0.518. The molecule has 0 bridgehead atoms. The third-order valence-electron chi connectivity index (χ3n) is 5.15. The third-order valence-corrected chi connectivity index (χ3v) is 5.15. The first-order valence-corrected chi connectivity index (χ1v) is 9.37. The Morgan fingerprint density at radius 2 is 2.13 bits per heavy atom. The highest BCUT2D eigenvalue weighted by atomic mass is 16.5. The Bertz CT molecular complexity index is 1150. The minimum atomic E-state index is -0.594. The van der Waals surface area contributed by atoms with Crippen molar-refractivity contribution < 1.29 is 24.2 Å².